The van der Waals surface area contributed by atoms with Gasteiger partial charge in [-0.3, -0.25) is 4.79 Å². The van der Waals surface area contributed by atoms with Gasteiger partial charge in [-0.2, -0.15) is 10.5 Å². The van der Waals surface area contributed by atoms with Crippen LogP contribution in [0.1, 0.15) is 33.9 Å². The molecule has 0 amide bonds. The minimum absolute atomic E-state index is 0.0138. The molecule has 0 radical (unpaired) electrons. The van der Waals surface area contributed by atoms with E-state index >= 15 is 0 Å². The number of ketones is 1. The van der Waals surface area contributed by atoms with E-state index in [0.29, 0.717) is 17.7 Å². The van der Waals surface area contributed by atoms with E-state index in [1.165, 1.54) is 0 Å². The van der Waals surface area contributed by atoms with Gasteiger partial charge in [0.05, 0.1) is 36.0 Å². The minimum Gasteiger partial charge on any atom is -0.371 e. The van der Waals surface area contributed by atoms with Crippen LogP contribution in [-0.4, -0.2) is 25.5 Å². The average molecular weight is 345 g/mol. The Morgan fingerprint density at radius 1 is 1.15 bits per heavy atom. The number of ether oxygens (including phenoxy) is 1. The lowest BCUT2D eigenvalue weighted by Gasteiger charge is -2.24. The number of benzene rings is 2. The fourth-order valence-electron chi connectivity index (χ4n) is 3.09. The van der Waals surface area contributed by atoms with Gasteiger partial charge >= 0.3 is 0 Å². The van der Waals surface area contributed by atoms with Crippen molar-refractivity contribution in [1.29, 1.82) is 10.5 Å². The number of nitrogens with zero attached hydrogens (tertiary/aromatic N) is 2. The second-order valence-electron chi connectivity index (χ2n) is 6.30. The van der Waals surface area contributed by atoms with Crippen LogP contribution in [0.3, 0.4) is 0 Å². The number of hydrogen-bond acceptors (Lipinski definition) is 5. The molecule has 130 valence electrons. The first-order valence-electron chi connectivity index (χ1n) is 8.55. The second kappa shape index (κ2) is 8.40. The Morgan fingerprint density at radius 2 is 2.04 bits per heavy atom. The van der Waals surface area contributed by atoms with Gasteiger partial charge in [0.25, 0.3) is 0 Å². The van der Waals surface area contributed by atoms with Crippen LogP contribution in [0.25, 0.3) is 0 Å². The van der Waals surface area contributed by atoms with Crippen molar-refractivity contribution in [3.8, 4) is 12.1 Å². The zero-order valence-corrected chi connectivity index (χ0v) is 14.4. The monoisotopic (exact) mass is 345 g/mol. The molecule has 2 aromatic carbocycles. The van der Waals surface area contributed by atoms with Gasteiger partial charge in [0, 0.05) is 25.9 Å². The van der Waals surface area contributed by atoms with Gasteiger partial charge in [-0.05, 0) is 34.9 Å². The summed E-state index contributed by atoms with van der Waals surface area (Å²) in [5.41, 5.74) is 3.54. The molecule has 1 N–H and O–H groups in total. The van der Waals surface area contributed by atoms with Gasteiger partial charge in [-0.15, -0.1) is 0 Å². The molecule has 5 heteroatoms. The smallest absolute Gasteiger partial charge is 0.141 e. The average Bonchev–Trinajstić information content (AvgIpc) is 2.69. The highest BCUT2D eigenvalue weighted by molar-refractivity contribution is 5.83. The van der Waals surface area contributed by atoms with Crippen molar-refractivity contribution in [2.24, 2.45) is 0 Å². The lowest BCUT2D eigenvalue weighted by Crippen LogP contribution is -2.33. The van der Waals surface area contributed by atoms with E-state index in [9.17, 15) is 10.1 Å². The molecule has 1 fully saturated rings. The summed E-state index contributed by atoms with van der Waals surface area (Å²) in [7, 11) is 0. The summed E-state index contributed by atoms with van der Waals surface area (Å²) < 4.78 is 5.72. The second-order valence-corrected chi connectivity index (χ2v) is 6.30. The SMILES string of the molecule is N#Cc1cccc(CC(=O)Cc2ccc(C3CNCCO3)cc2C#N)c1. The Labute approximate surface area is 152 Å². The van der Waals surface area contributed by atoms with Crippen molar-refractivity contribution in [3.05, 3.63) is 70.3 Å². The number of rotatable bonds is 5. The maximum atomic E-state index is 12.4. The molecule has 1 atom stereocenters. The summed E-state index contributed by atoms with van der Waals surface area (Å²) in [5, 5.41) is 21.7. The predicted octanol–water partition coefficient (Wildman–Crippen LogP) is 2.45. The molecule has 1 aliphatic rings. The van der Waals surface area contributed by atoms with E-state index in [4.69, 9.17) is 10.00 Å². The number of carbonyl (C=O) groups is 1. The third-order valence-corrected chi connectivity index (χ3v) is 4.40. The summed E-state index contributed by atoms with van der Waals surface area (Å²) in [5.74, 6) is 0.0138. The van der Waals surface area contributed by atoms with E-state index < -0.39 is 0 Å². The molecule has 0 aliphatic carbocycles. The standard InChI is InChI=1S/C21H19N3O2/c22-12-16-3-1-2-15(8-16)9-20(25)11-17-4-5-18(10-19(17)13-23)21-14-24-6-7-26-21/h1-5,8,10,21,24H,6-7,9,11,14H2. The molecule has 0 aromatic heterocycles. The van der Waals surface area contributed by atoms with Crippen molar-refractivity contribution in [1.82, 2.24) is 5.32 Å². The van der Waals surface area contributed by atoms with Crippen LogP contribution in [0, 0.1) is 22.7 Å². The van der Waals surface area contributed by atoms with Crippen molar-refractivity contribution in [2.45, 2.75) is 18.9 Å². The number of nitrogens with one attached hydrogen (secondary N) is 1. The van der Waals surface area contributed by atoms with Gasteiger partial charge in [0.2, 0.25) is 0 Å². The van der Waals surface area contributed by atoms with Crippen LogP contribution in [0.5, 0.6) is 0 Å². The number of morpholine rings is 1. The lowest BCUT2D eigenvalue weighted by molar-refractivity contribution is -0.117. The number of nitriles is 2. The molecule has 1 saturated heterocycles. The van der Waals surface area contributed by atoms with E-state index in [2.05, 4.69) is 17.5 Å². The number of hydrogen-bond donors (Lipinski definition) is 1. The maximum absolute atomic E-state index is 12.4. The van der Waals surface area contributed by atoms with Crippen molar-refractivity contribution >= 4 is 5.78 Å². The van der Waals surface area contributed by atoms with Gasteiger partial charge < -0.3 is 10.1 Å². The summed E-state index contributed by atoms with van der Waals surface area (Å²) in [6.07, 6.45) is 0.385. The summed E-state index contributed by atoms with van der Waals surface area (Å²) in [6, 6.07) is 16.9. The van der Waals surface area contributed by atoms with Gasteiger partial charge in [0.1, 0.15) is 5.78 Å². The Balaban J connectivity index is 1.71. The van der Waals surface area contributed by atoms with Crippen LogP contribution >= 0.6 is 0 Å². The molecule has 26 heavy (non-hydrogen) atoms. The molecule has 1 heterocycles. The van der Waals surface area contributed by atoms with Gasteiger partial charge in [0.15, 0.2) is 0 Å². The highest BCUT2D eigenvalue weighted by atomic mass is 16.5. The summed E-state index contributed by atoms with van der Waals surface area (Å²) in [6.45, 7) is 2.20. The third-order valence-electron chi connectivity index (χ3n) is 4.40. The lowest BCUT2D eigenvalue weighted by atomic mass is 9.95. The topological polar surface area (TPSA) is 85.9 Å². The van der Waals surface area contributed by atoms with Crippen LogP contribution < -0.4 is 5.32 Å². The Bertz CT molecular complexity index is 887. The molecular weight excluding hydrogens is 326 g/mol. The summed E-state index contributed by atoms with van der Waals surface area (Å²) >= 11 is 0. The van der Waals surface area contributed by atoms with Crippen molar-refractivity contribution < 1.29 is 9.53 Å². The minimum atomic E-state index is -0.0608. The Kier molecular flexibility index (Phi) is 5.76. The van der Waals surface area contributed by atoms with E-state index in [0.717, 1.165) is 29.8 Å². The van der Waals surface area contributed by atoms with Crippen LogP contribution in [0.2, 0.25) is 0 Å². The molecule has 0 saturated carbocycles. The number of carbonyl (C=O) groups excluding carboxylic acids is 1. The van der Waals surface area contributed by atoms with E-state index in [-0.39, 0.29) is 24.7 Å². The van der Waals surface area contributed by atoms with Crippen LogP contribution in [-0.2, 0) is 22.4 Å². The maximum Gasteiger partial charge on any atom is 0.141 e. The van der Waals surface area contributed by atoms with Crippen LogP contribution in [0.15, 0.2) is 42.5 Å². The van der Waals surface area contributed by atoms with E-state index in [1.54, 1.807) is 18.2 Å². The molecule has 0 spiro atoms. The van der Waals surface area contributed by atoms with Crippen LogP contribution in [0.4, 0.5) is 0 Å². The fraction of sp³-hybridized carbons (Fsp3) is 0.286. The van der Waals surface area contributed by atoms with E-state index in [1.807, 2.05) is 24.3 Å². The fourth-order valence-corrected chi connectivity index (χ4v) is 3.09. The first-order valence-corrected chi connectivity index (χ1v) is 8.55. The summed E-state index contributed by atoms with van der Waals surface area (Å²) in [4.78, 5) is 12.4. The molecule has 1 aliphatic heterocycles. The quantitative estimate of drug-likeness (QED) is 0.899. The Morgan fingerprint density at radius 3 is 2.77 bits per heavy atom. The molecular formula is C21H19N3O2. The first kappa shape index (κ1) is 17.8. The Hall–Kier alpha value is -2.99. The molecule has 3 rings (SSSR count). The normalized spacial score (nSPS) is 16.5. The van der Waals surface area contributed by atoms with Crippen molar-refractivity contribution in [3.63, 3.8) is 0 Å². The zero-order valence-electron chi connectivity index (χ0n) is 14.4. The van der Waals surface area contributed by atoms with Gasteiger partial charge in [-0.1, -0.05) is 24.3 Å². The van der Waals surface area contributed by atoms with Crippen molar-refractivity contribution in [2.75, 3.05) is 19.7 Å². The molecule has 2 aromatic rings. The molecule has 5 nitrogen and oxygen atoms in total. The largest absolute Gasteiger partial charge is 0.371 e. The zero-order chi connectivity index (χ0) is 18.4. The first-order chi connectivity index (χ1) is 12.7. The molecule has 1 unspecified atom stereocenters. The van der Waals surface area contributed by atoms with Gasteiger partial charge in [-0.25, -0.2) is 0 Å². The highest BCUT2D eigenvalue weighted by Gasteiger charge is 2.18. The molecule has 0 bridgehead atoms. The third kappa shape index (κ3) is 4.34. The highest BCUT2D eigenvalue weighted by Crippen LogP contribution is 2.22. The predicted molar refractivity (Wildman–Crippen MR) is 96.3 cm³/mol. The number of Topliss-reactive ketones (excluding diaryl/α,β-unsaturated/α-hetero) is 1.